The van der Waals surface area contributed by atoms with Gasteiger partial charge in [-0.25, -0.2) is 4.98 Å². The van der Waals surface area contributed by atoms with Crippen LogP contribution in [0, 0.1) is 23.7 Å². The average Bonchev–Trinajstić information content (AvgIpc) is 3.39. The van der Waals surface area contributed by atoms with Gasteiger partial charge in [0.1, 0.15) is 5.75 Å². The molecule has 0 saturated carbocycles. The molecule has 3 heterocycles. The van der Waals surface area contributed by atoms with E-state index in [4.69, 9.17) is 4.74 Å². The molecule has 1 fully saturated rings. The van der Waals surface area contributed by atoms with E-state index in [0.29, 0.717) is 25.3 Å². The lowest BCUT2D eigenvalue weighted by molar-refractivity contribution is -0.137. The number of fused-ring (bicyclic) bond motifs is 1. The Morgan fingerprint density at radius 1 is 1.26 bits per heavy atom. The summed E-state index contributed by atoms with van der Waals surface area (Å²) in [6.45, 7) is 2.41. The van der Waals surface area contributed by atoms with Gasteiger partial charge in [0, 0.05) is 36.1 Å². The van der Waals surface area contributed by atoms with Crippen LogP contribution in [0.25, 0.3) is 10.9 Å². The quantitative estimate of drug-likeness (QED) is 0.428. The summed E-state index contributed by atoms with van der Waals surface area (Å²) in [4.78, 5) is 22.2. The van der Waals surface area contributed by atoms with Crippen LogP contribution in [0.2, 0.25) is 0 Å². The van der Waals surface area contributed by atoms with E-state index in [0.717, 1.165) is 53.2 Å². The Morgan fingerprint density at radius 2 is 2.14 bits per heavy atom. The number of hydrogen-bond donors (Lipinski definition) is 2. The van der Waals surface area contributed by atoms with Gasteiger partial charge in [0.2, 0.25) is 0 Å². The third kappa shape index (κ3) is 6.79. The van der Waals surface area contributed by atoms with Gasteiger partial charge in [-0.05, 0) is 79.8 Å². The maximum absolute atomic E-state index is 11.3. The van der Waals surface area contributed by atoms with E-state index in [9.17, 15) is 15.0 Å². The van der Waals surface area contributed by atoms with Gasteiger partial charge >= 0.3 is 5.97 Å². The first kappa shape index (κ1) is 25.1. The molecule has 7 nitrogen and oxygen atoms in total. The molecule has 3 atom stereocenters. The number of likely N-dealkylation sites (tertiary alicyclic amines) is 1. The van der Waals surface area contributed by atoms with Crippen molar-refractivity contribution in [2.75, 3.05) is 26.7 Å². The predicted molar refractivity (Wildman–Crippen MR) is 136 cm³/mol. The third-order valence-electron chi connectivity index (χ3n) is 6.79. The highest BCUT2D eigenvalue weighted by Gasteiger charge is 2.29. The lowest BCUT2D eigenvalue weighted by Gasteiger charge is -2.38. The summed E-state index contributed by atoms with van der Waals surface area (Å²) < 4.78 is 5.36. The van der Waals surface area contributed by atoms with Gasteiger partial charge in [0.25, 0.3) is 0 Å². The van der Waals surface area contributed by atoms with Crippen molar-refractivity contribution in [3.63, 3.8) is 0 Å². The average molecular weight is 494 g/mol. The van der Waals surface area contributed by atoms with E-state index in [1.165, 1.54) is 11.3 Å². The Hall–Kier alpha value is -2.99. The Morgan fingerprint density at radius 3 is 2.91 bits per heavy atom. The van der Waals surface area contributed by atoms with E-state index in [1.807, 2.05) is 29.6 Å². The number of carboxylic acids is 1. The minimum atomic E-state index is -0.762. The lowest BCUT2D eigenvalue weighted by atomic mass is 9.79. The van der Waals surface area contributed by atoms with Crippen LogP contribution in [0.1, 0.15) is 48.8 Å². The zero-order valence-electron chi connectivity index (χ0n) is 19.9. The molecule has 1 saturated heterocycles. The molecule has 0 amide bonds. The molecule has 0 radical (unpaired) electrons. The fourth-order valence-corrected chi connectivity index (χ4v) is 5.42. The summed E-state index contributed by atoms with van der Waals surface area (Å²) in [6.07, 6.45) is 6.11. The molecule has 0 bridgehead atoms. The number of nitrogens with zero attached hydrogens (tertiary/aromatic N) is 3. The molecule has 35 heavy (non-hydrogen) atoms. The fraction of sp³-hybridized carbons (Fsp3) is 0.444. The van der Waals surface area contributed by atoms with Gasteiger partial charge in [-0.1, -0.05) is 5.92 Å². The van der Waals surface area contributed by atoms with Crippen molar-refractivity contribution in [2.45, 2.75) is 38.2 Å². The Balaban J connectivity index is 1.39. The first-order valence-electron chi connectivity index (χ1n) is 12.0. The van der Waals surface area contributed by atoms with Crippen LogP contribution in [-0.4, -0.2) is 57.8 Å². The van der Waals surface area contributed by atoms with E-state index < -0.39 is 12.1 Å². The van der Waals surface area contributed by atoms with Crippen LogP contribution in [0.15, 0.2) is 42.0 Å². The topological polar surface area (TPSA) is 95.8 Å². The number of aliphatic carboxylic acids is 1. The van der Waals surface area contributed by atoms with Gasteiger partial charge in [0.15, 0.2) is 5.01 Å². The molecule has 0 spiro atoms. The molecule has 1 aliphatic rings. The second-order valence-electron chi connectivity index (χ2n) is 8.99. The number of thiazole rings is 1. The van der Waals surface area contributed by atoms with E-state index in [2.05, 4.69) is 26.7 Å². The molecule has 1 unspecified atom stereocenters. The monoisotopic (exact) mass is 493 g/mol. The van der Waals surface area contributed by atoms with Crippen molar-refractivity contribution in [1.82, 2.24) is 14.9 Å². The summed E-state index contributed by atoms with van der Waals surface area (Å²) in [5.41, 5.74) is 1.68. The predicted octanol–water partition coefficient (Wildman–Crippen LogP) is 4.37. The number of aliphatic hydroxyl groups is 1. The van der Waals surface area contributed by atoms with Crippen molar-refractivity contribution < 1.29 is 19.7 Å². The molecule has 2 N–H and O–H groups in total. The lowest BCUT2D eigenvalue weighted by Crippen LogP contribution is -2.41. The normalized spacial score (nSPS) is 19.1. The summed E-state index contributed by atoms with van der Waals surface area (Å²) >= 11 is 1.53. The van der Waals surface area contributed by atoms with Crippen molar-refractivity contribution >= 4 is 28.2 Å². The van der Waals surface area contributed by atoms with Gasteiger partial charge in [-0.15, -0.1) is 11.3 Å². The maximum Gasteiger partial charge on any atom is 0.303 e. The molecule has 184 valence electrons. The van der Waals surface area contributed by atoms with Gasteiger partial charge in [0.05, 0.1) is 25.3 Å². The molecule has 0 aliphatic carbocycles. The molecular formula is C27H31N3O4S. The van der Waals surface area contributed by atoms with Crippen LogP contribution in [0.3, 0.4) is 0 Å². The van der Waals surface area contributed by atoms with E-state index >= 15 is 0 Å². The standard InChI is InChI=1S/C27H31N3O4S/c1-34-21-6-7-24-23(17-21)22(10-12-28-24)25(31)8-4-19-11-15-30(18-20(19)5-9-27(32)33)14-2-3-26-29-13-16-35-26/h6-7,10,12-13,16-17,19-20,25,31H,4-5,8-9,11,14-15,18H2,1H3,(H,32,33)/t19-,20+,25?/m1/s1. The number of methoxy groups -OCH3 is 1. The van der Waals surface area contributed by atoms with Crippen molar-refractivity contribution in [1.29, 1.82) is 0 Å². The molecule has 1 aromatic carbocycles. The largest absolute Gasteiger partial charge is 0.497 e. The third-order valence-corrected chi connectivity index (χ3v) is 7.48. The highest BCUT2D eigenvalue weighted by atomic mass is 32.1. The van der Waals surface area contributed by atoms with Crippen LogP contribution in [-0.2, 0) is 4.79 Å². The Bertz CT molecular complexity index is 1190. The number of benzene rings is 1. The number of pyridine rings is 1. The molecule has 4 rings (SSSR count). The number of rotatable bonds is 9. The first-order chi connectivity index (χ1) is 17.0. The van der Waals surface area contributed by atoms with Gasteiger partial charge in [-0.3, -0.25) is 14.7 Å². The Labute approximate surface area is 209 Å². The van der Waals surface area contributed by atoms with Crippen LogP contribution in [0.4, 0.5) is 0 Å². The fourth-order valence-electron chi connectivity index (χ4n) is 4.92. The summed E-state index contributed by atoms with van der Waals surface area (Å²) in [6, 6.07) is 7.56. The molecule has 1 aliphatic heterocycles. The summed E-state index contributed by atoms with van der Waals surface area (Å²) in [5, 5.41) is 24.0. The SMILES string of the molecule is COc1ccc2nccc(C(O)CC[C@@H]3CCN(CC#Cc4nccs4)C[C@@H]3CCC(=O)O)c2c1. The van der Waals surface area contributed by atoms with Crippen LogP contribution >= 0.6 is 11.3 Å². The number of aliphatic hydroxyl groups excluding tert-OH is 1. The summed E-state index contributed by atoms with van der Waals surface area (Å²) in [5.74, 6) is 6.92. The molecular weight excluding hydrogens is 462 g/mol. The minimum Gasteiger partial charge on any atom is -0.497 e. The molecule has 8 heteroatoms. The van der Waals surface area contributed by atoms with E-state index in [1.54, 1.807) is 19.5 Å². The van der Waals surface area contributed by atoms with Crippen LogP contribution in [0.5, 0.6) is 5.75 Å². The number of piperidine rings is 1. The second kappa shape index (κ2) is 12.1. The van der Waals surface area contributed by atoms with Crippen molar-refractivity contribution in [3.05, 3.63) is 52.6 Å². The molecule has 2 aromatic heterocycles. The number of carbonyl (C=O) groups is 1. The zero-order chi connectivity index (χ0) is 24.6. The highest BCUT2D eigenvalue weighted by molar-refractivity contribution is 7.10. The minimum absolute atomic E-state index is 0.164. The number of ether oxygens (including phenoxy) is 1. The smallest absolute Gasteiger partial charge is 0.303 e. The molecule has 3 aromatic rings. The number of carboxylic acid groups (broad SMARTS) is 1. The van der Waals surface area contributed by atoms with Crippen LogP contribution < -0.4 is 4.74 Å². The van der Waals surface area contributed by atoms with Gasteiger partial charge in [-0.2, -0.15) is 0 Å². The second-order valence-corrected chi connectivity index (χ2v) is 9.89. The highest BCUT2D eigenvalue weighted by Crippen LogP contribution is 2.35. The number of aromatic nitrogens is 2. The van der Waals surface area contributed by atoms with Gasteiger partial charge < -0.3 is 14.9 Å². The zero-order valence-corrected chi connectivity index (χ0v) is 20.7. The summed E-state index contributed by atoms with van der Waals surface area (Å²) in [7, 11) is 1.63. The van der Waals surface area contributed by atoms with Crippen molar-refractivity contribution in [3.8, 4) is 17.6 Å². The van der Waals surface area contributed by atoms with Crippen molar-refractivity contribution in [2.24, 2.45) is 11.8 Å². The Kier molecular flexibility index (Phi) is 8.69. The maximum atomic E-state index is 11.3. The van der Waals surface area contributed by atoms with E-state index in [-0.39, 0.29) is 12.3 Å². The number of hydrogen-bond acceptors (Lipinski definition) is 7. The first-order valence-corrected chi connectivity index (χ1v) is 12.8.